The third-order valence-electron chi connectivity index (χ3n) is 5.75. The lowest BCUT2D eigenvalue weighted by Gasteiger charge is -2.07. The second kappa shape index (κ2) is 8.74. The molecule has 0 saturated carbocycles. The molecule has 0 spiro atoms. The summed E-state index contributed by atoms with van der Waals surface area (Å²) in [6.07, 6.45) is 2.47. The second-order valence-corrected chi connectivity index (χ2v) is 7.94. The smallest absolute Gasteiger partial charge is 0.338 e. The van der Waals surface area contributed by atoms with Crippen LogP contribution in [0, 0.1) is 6.92 Å². The number of ether oxygens (including phenoxy) is 1. The standard InChI is InChI=1S/C27H23N3O3/c1-18-25-22(27(31)32-2)16-23(24-9-6-14-33-24)28-26(25)29-30(18)17-21-12-10-20(11-13-21)15-19-7-4-3-5-8-19/h3-14,16H,15,17H2,1-2H3. The number of carbonyl (C=O) groups is 1. The Balaban J connectivity index is 1.47. The zero-order chi connectivity index (χ0) is 22.8. The summed E-state index contributed by atoms with van der Waals surface area (Å²) < 4.78 is 12.4. The van der Waals surface area contributed by atoms with E-state index in [9.17, 15) is 4.79 Å². The number of rotatable bonds is 6. The molecule has 2 aromatic carbocycles. The number of nitrogens with zero attached hydrogens (tertiary/aromatic N) is 3. The lowest BCUT2D eigenvalue weighted by molar-refractivity contribution is 0.0603. The van der Waals surface area contributed by atoms with Crippen LogP contribution in [0.4, 0.5) is 0 Å². The highest BCUT2D eigenvalue weighted by molar-refractivity contribution is 6.04. The molecular formula is C27H23N3O3. The van der Waals surface area contributed by atoms with Crippen LogP contribution in [0.15, 0.2) is 83.5 Å². The fourth-order valence-electron chi connectivity index (χ4n) is 4.02. The van der Waals surface area contributed by atoms with Gasteiger partial charge in [0.05, 0.1) is 30.9 Å². The van der Waals surface area contributed by atoms with Gasteiger partial charge in [-0.05, 0) is 48.2 Å². The van der Waals surface area contributed by atoms with Crippen LogP contribution in [-0.4, -0.2) is 27.8 Å². The molecule has 0 atom stereocenters. The molecule has 0 radical (unpaired) electrons. The first-order valence-corrected chi connectivity index (χ1v) is 10.7. The third-order valence-corrected chi connectivity index (χ3v) is 5.75. The van der Waals surface area contributed by atoms with Crippen LogP contribution in [0.3, 0.4) is 0 Å². The number of benzene rings is 2. The fourth-order valence-corrected chi connectivity index (χ4v) is 4.02. The maximum atomic E-state index is 12.5. The Morgan fingerprint density at radius 1 is 0.970 bits per heavy atom. The van der Waals surface area contributed by atoms with Gasteiger partial charge in [-0.25, -0.2) is 9.78 Å². The third kappa shape index (κ3) is 4.15. The Morgan fingerprint density at radius 3 is 2.39 bits per heavy atom. The van der Waals surface area contributed by atoms with Crippen molar-refractivity contribution in [2.24, 2.45) is 0 Å². The Hall–Kier alpha value is -4.19. The molecule has 5 aromatic rings. The normalized spacial score (nSPS) is 11.1. The minimum Gasteiger partial charge on any atom is -0.465 e. The Labute approximate surface area is 191 Å². The maximum absolute atomic E-state index is 12.5. The van der Waals surface area contributed by atoms with Crippen LogP contribution < -0.4 is 0 Å². The second-order valence-electron chi connectivity index (χ2n) is 7.94. The molecule has 3 aromatic heterocycles. The number of furan rings is 1. The van der Waals surface area contributed by atoms with E-state index in [2.05, 4.69) is 53.5 Å². The molecule has 0 amide bonds. The summed E-state index contributed by atoms with van der Waals surface area (Å²) in [6, 6.07) is 24.2. The zero-order valence-corrected chi connectivity index (χ0v) is 18.5. The Kier molecular flexibility index (Phi) is 5.48. The summed E-state index contributed by atoms with van der Waals surface area (Å²) in [7, 11) is 1.37. The number of pyridine rings is 1. The molecule has 0 fully saturated rings. The number of hydrogen-bond acceptors (Lipinski definition) is 5. The quantitative estimate of drug-likeness (QED) is 0.332. The van der Waals surface area contributed by atoms with Crippen molar-refractivity contribution in [3.8, 4) is 11.5 Å². The van der Waals surface area contributed by atoms with Crippen LogP contribution in [0.2, 0.25) is 0 Å². The molecule has 0 aliphatic rings. The number of aromatic nitrogens is 3. The van der Waals surface area contributed by atoms with Gasteiger partial charge in [-0.3, -0.25) is 4.68 Å². The first-order chi connectivity index (χ1) is 16.1. The molecule has 0 aliphatic carbocycles. The van der Waals surface area contributed by atoms with Crippen molar-refractivity contribution >= 4 is 17.0 Å². The van der Waals surface area contributed by atoms with Crippen molar-refractivity contribution in [2.75, 3.05) is 7.11 Å². The number of hydrogen-bond donors (Lipinski definition) is 0. The fraction of sp³-hybridized carbons (Fsp3) is 0.148. The molecular weight excluding hydrogens is 414 g/mol. The predicted octanol–water partition coefficient (Wildman–Crippen LogP) is 5.43. The molecule has 5 rings (SSSR count). The molecule has 0 N–H and O–H groups in total. The molecule has 0 aliphatic heterocycles. The molecule has 6 heteroatoms. The molecule has 6 nitrogen and oxygen atoms in total. The zero-order valence-electron chi connectivity index (χ0n) is 18.5. The van der Waals surface area contributed by atoms with Crippen LogP contribution in [-0.2, 0) is 17.7 Å². The summed E-state index contributed by atoms with van der Waals surface area (Å²) in [5.41, 5.74) is 5.98. The van der Waals surface area contributed by atoms with E-state index >= 15 is 0 Å². The van der Waals surface area contributed by atoms with Crippen molar-refractivity contribution in [2.45, 2.75) is 19.9 Å². The molecule has 0 bridgehead atoms. The lowest BCUT2D eigenvalue weighted by atomic mass is 10.0. The average molecular weight is 437 g/mol. The first-order valence-electron chi connectivity index (χ1n) is 10.7. The van der Waals surface area contributed by atoms with Gasteiger partial charge in [0, 0.05) is 5.69 Å². The summed E-state index contributed by atoms with van der Waals surface area (Å²) in [6.45, 7) is 2.52. The van der Waals surface area contributed by atoms with E-state index in [-0.39, 0.29) is 0 Å². The first kappa shape index (κ1) is 20.7. The number of methoxy groups -OCH3 is 1. The van der Waals surface area contributed by atoms with Crippen molar-refractivity contribution in [3.05, 3.63) is 107 Å². The summed E-state index contributed by atoms with van der Waals surface area (Å²) in [5.74, 6) is 0.145. The minimum atomic E-state index is -0.428. The van der Waals surface area contributed by atoms with Gasteiger partial charge in [0.1, 0.15) is 5.69 Å². The highest BCUT2D eigenvalue weighted by Gasteiger charge is 2.21. The van der Waals surface area contributed by atoms with Crippen molar-refractivity contribution in [3.63, 3.8) is 0 Å². The number of aryl methyl sites for hydroxylation is 1. The van der Waals surface area contributed by atoms with E-state index in [0.717, 1.165) is 17.7 Å². The van der Waals surface area contributed by atoms with Gasteiger partial charge >= 0.3 is 5.97 Å². The van der Waals surface area contributed by atoms with Crippen molar-refractivity contribution in [1.29, 1.82) is 0 Å². The van der Waals surface area contributed by atoms with Gasteiger partial charge in [0.2, 0.25) is 0 Å². The monoisotopic (exact) mass is 437 g/mol. The number of carbonyl (C=O) groups excluding carboxylic acids is 1. The van der Waals surface area contributed by atoms with Gasteiger partial charge in [-0.15, -0.1) is 0 Å². The van der Waals surface area contributed by atoms with Gasteiger partial charge in [-0.2, -0.15) is 5.10 Å². The van der Waals surface area contributed by atoms with Crippen molar-refractivity contribution in [1.82, 2.24) is 14.8 Å². The topological polar surface area (TPSA) is 70.2 Å². The van der Waals surface area contributed by atoms with E-state index in [1.807, 2.05) is 17.7 Å². The van der Waals surface area contributed by atoms with Crippen LogP contribution in [0.5, 0.6) is 0 Å². The molecule has 33 heavy (non-hydrogen) atoms. The van der Waals surface area contributed by atoms with Crippen molar-refractivity contribution < 1.29 is 13.9 Å². The van der Waals surface area contributed by atoms with E-state index < -0.39 is 5.97 Å². The highest BCUT2D eigenvalue weighted by Crippen LogP contribution is 2.28. The Morgan fingerprint density at radius 2 is 1.70 bits per heavy atom. The minimum absolute atomic E-state index is 0.427. The SMILES string of the molecule is COC(=O)c1cc(-c2ccco2)nc2nn(Cc3ccc(Cc4ccccc4)cc3)c(C)c12. The number of fused-ring (bicyclic) bond motifs is 1. The van der Waals surface area contributed by atoms with Gasteiger partial charge in [-0.1, -0.05) is 54.6 Å². The summed E-state index contributed by atoms with van der Waals surface area (Å²) in [4.78, 5) is 17.2. The van der Waals surface area contributed by atoms with Gasteiger partial charge in [0.15, 0.2) is 11.4 Å². The molecule has 164 valence electrons. The van der Waals surface area contributed by atoms with E-state index in [4.69, 9.17) is 14.3 Å². The largest absolute Gasteiger partial charge is 0.465 e. The molecule has 3 heterocycles. The van der Waals surface area contributed by atoms with Gasteiger partial charge < -0.3 is 9.15 Å². The summed E-state index contributed by atoms with van der Waals surface area (Å²) in [5, 5.41) is 5.39. The predicted molar refractivity (Wildman–Crippen MR) is 126 cm³/mol. The Bertz CT molecular complexity index is 1400. The van der Waals surface area contributed by atoms with Crippen LogP contribution >= 0.6 is 0 Å². The van der Waals surface area contributed by atoms with E-state index in [1.165, 1.54) is 18.2 Å². The summed E-state index contributed by atoms with van der Waals surface area (Å²) >= 11 is 0. The lowest BCUT2D eigenvalue weighted by Crippen LogP contribution is -2.05. The van der Waals surface area contributed by atoms with E-state index in [0.29, 0.717) is 34.6 Å². The van der Waals surface area contributed by atoms with E-state index in [1.54, 1.807) is 24.5 Å². The van der Waals surface area contributed by atoms with Crippen LogP contribution in [0.25, 0.3) is 22.5 Å². The molecule has 0 saturated heterocycles. The maximum Gasteiger partial charge on any atom is 0.338 e. The number of esters is 1. The average Bonchev–Trinajstić information content (AvgIpc) is 3.49. The molecule has 0 unspecified atom stereocenters. The van der Waals surface area contributed by atoms with Crippen LogP contribution in [0.1, 0.15) is 32.7 Å². The highest BCUT2D eigenvalue weighted by atomic mass is 16.5. The van der Waals surface area contributed by atoms with Gasteiger partial charge in [0.25, 0.3) is 0 Å².